The first-order chi connectivity index (χ1) is 14.2. The molecule has 29 heavy (non-hydrogen) atoms. The second kappa shape index (κ2) is 9.61. The van der Waals surface area contributed by atoms with Crippen LogP contribution in [-0.4, -0.2) is 49.6 Å². The number of ether oxygens (including phenoxy) is 4. The lowest BCUT2D eigenvalue weighted by molar-refractivity contribution is 0.201. The third-order valence-electron chi connectivity index (χ3n) is 4.09. The molecule has 8 heteroatoms. The molecule has 1 aromatic heterocycles. The highest BCUT2D eigenvalue weighted by atomic mass is 16.5. The highest BCUT2D eigenvalue weighted by Gasteiger charge is 2.14. The number of benzene rings is 2. The predicted molar refractivity (Wildman–Crippen MR) is 109 cm³/mol. The molecule has 2 aromatic carbocycles. The maximum atomic E-state index is 8.84. The van der Waals surface area contributed by atoms with E-state index >= 15 is 0 Å². The summed E-state index contributed by atoms with van der Waals surface area (Å²) in [7, 11) is 4.68. The van der Waals surface area contributed by atoms with Gasteiger partial charge in [-0.1, -0.05) is 0 Å². The minimum absolute atomic E-state index is 0.0242. The molecule has 0 bridgehead atoms. The lowest BCUT2D eigenvalue weighted by Gasteiger charge is -2.14. The van der Waals surface area contributed by atoms with Gasteiger partial charge in [0, 0.05) is 29.6 Å². The molecule has 0 saturated heterocycles. The van der Waals surface area contributed by atoms with Crippen LogP contribution in [0.3, 0.4) is 0 Å². The summed E-state index contributed by atoms with van der Waals surface area (Å²) in [5.41, 5.74) is 2.37. The van der Waals surface area contributed by atoms with Gasteiger partial charge >= 0.3 is 0 Å². The van der Waals surface area contributed by atoms with Crippen molar-refractivity contribution in [1.29, 1.82) is 0 Å². The molecule has 0 spiro atoms. The van der Waals surface area contributed by atoms with Crippen molar-refractivity contribution in [3.05, 3.63) is 48.7 Å². The van der Waals surface area contributed by atoms with Crippen LogP contribution < -0.4 is 24.3 Å². The van der Waals surface area contributed by atoms with Gasteiger partial charge in [0.2, 0.25) is 11.7 Å². The van der Waals surface area contributed by atoms with E-state index in [1.54, 1.807) is 39.7 Å². The average molecular weight is 397 g/mol. The maximum Gasteiger partial charge on any atom is 0.227 e. The molecule has 0 aliphatic carbocycles. The number of anilines is 2. The van der Waals surface area contributed by atoms with Gasteiger partial charge in [-0.15, -0.1) is 0 Å². The van der Waals surface area contributed by atoms with Crippen LogP contribution in [0, 0.1) is 0 Å². The highest BCUT2D eigenvalue weighted by Crippen LogP contribution is 2.40. The predicted octanol–water partition coefficient (Wildman–Crippen LogP) is 3.28. The largest absolute Gasteiger partial charge is 0.493 e. The maximum absolute atomic E-state index is 8.84. The van der Waals surface area contributed by atoms with Crippen molar-refractivity contribution in [2.24, 2.45) is 0 Å². The Hall–Kier alpha value is -3.52. The van der Waals surface area contributed by atoms with Gasteiger partial charge in [-0.3, -0.25) is 0 Å². The van der Waals surface area contributed by atoms with Crippen LogP contribution in [0.15, 0.2) is 48.7 Å². The molecule has 0 atom stereocenters. The smallest absolute Gasteiger partial charge is 0.227 e. The van der Waals surface area contributed by atoms with E-state index in [1.165, 1.54) is 0 Å². The van der Waals surface area contributed by atoms with Crippen LogP contribution in [0.1, 0.15) is 0 Å². The van der Waals surface area contributed by atoms with E-state index in [-0.39, 0.29) is 13.2 Å². The Labute approximate surface area is 169 Å². The van der Waals surface area contributed by atoms with Crippen molar-refractivity contribution in [2.75, 3.05) is 39.9 Å². The second-order valence-electron chi connectivity index (χ2n) is 5.90. The summed E-state index contributed by atoms with van der Waals surface area (Å²) < 4.78 is 21.5. The Bertz CT molecular complexity index is 922. The van der Waals surface area contributed by atoms with E-state index in [2.05, 4.69) is 15.3 Å². The molecule has 3 aromatic rings. The Morgan fingerprint density at radius 1 is 0.931 bits per heavy atom. The van der Waals surface area contributed by atoms with Crippen LogP contribution in [-0.2, 0) is 0 Å². The number of nitrogens with zero attached hydrogens (tertiary/aromatic N) is 2. The number of aromatic nitrogens is 2. The average Bonchev–Trinajstić information content (AvgIpc) is 2.77. The zero-order chi connectivity index (χ0) is 20.6. The van der Waals surface area contributed by atoms with Crippen molar-refractivity contribution in [3.63, 3.8) is 0 Å². The zero-order valence-electron chi connectivity index (χ0n) is 16.5. The van der Waals surface area contributed by atoms with Gasteiger partial charge in [0.25, 0.3) is 0 Å². The number of nitrogens with one attached hydrogen (secondary N) is 1. The Morgan fingerprint density at radius 2 is 1.62 bits per heavy atom. The normalized spacial score (nSPS) is 10.3. The first-order valence-electron chi connectivity index (χ1n) is 8.92. The third-order valence-corrected chi connectivity index (χ3v) is 4.09. The number of rotatable bonds is 9. The van der Waals surface area contributed by atoms with Crippen LogP contribution >= 0.6 is 0 Å². The monoisotopic (exact) mass is 397 g/mol. The standard InChI is InChI=1S/C21H23N3O5/c1-26-18-12-15(13-19(27-2)20(18)28-3)23-21-22-9-8-17(24-21)14-4-6-16(7-5-14)29-11-10-25/h4-9,12-13,25H,10-11H2,1-3H3,(H,22,23,24). The molecule has 0 unspecified atom stereocenters. The summed E-state index contributed by atoms with van der Waals surface area (Å²) in [6.07, 6.45) is 1.68. The molecule has 0 amide bonds. The fourth-order valence-corrected chi connectivity index (χ4v) is 2.75. The second-order valence-corrected chi connectivity index (χ2v) is 5.90. The van der Waals surface area contributed by atoms with E-state index in [4.69, 9.17) is 24.1 Å². The van der Waals surface area contributed by atoms with Gasteiger partial charge in [0.1, 0.15) is 12.4 Å². The van der Waals surface area contributed by atoms with Crippen molar-refractivity contribution < 1.29 is 24.1 Å². The van der Waals surface area contributed by atoms with Crippen molar-refractivity contribution >= 4 is 11.6 Å². The van der Waals surface area contributed by atoms with Crippen LogP contribution in [0.5, 0.6) is 23.0 Å². The first-order valence-corrected chi connectivity index (χ1v) is 8.92. The molecule has 0 fully saturated rings. The SMILES string of the molecule is COc1cc(Nc2nccc(-c3ccc(OCCO)cc3)n2)cc(OC)c1OC. The van der Waals surface area contributed by atoms with E-state index < -0.39 is 0 Å². The van der Waals surface area contributed by atoms with Gasteiger partial charge in [0.15, 0.2) is 11.5 Å². The van der Waals surface area contributed by atoms with Crippen molar-refractivity contribution in [3.8, 4) is 34.3 Å². The molecule has 1 heterocycles. The third kappa shape index (κ3) is 4.85. The van der Waals surface area contributed by atoms with Crippen LogP contribution in [0.2, 0.25) is 0 Å². The van der Waals surface area contributed by atoms with Gasteiger partial charge in [-0.25, -0.2) is 9.97 Å². The number of methoxy groups -OCH3 is 3. The number of hydrogen-bond donors (Lipinski definition) is 2. The molecule has 3 rings (SSSR count). The number of hydrogen-bond acceptors (Lipinski definition) is 8. The van der Waals surface area contributed by atoms with E-state index in [0.717, 1.165) is 11.3 Å². The van der Waals surface area contributed by atoms with Gasteiger partial charge in [-0.05, 0) is 30.3 Å². The molecule has 8 nitrogen and oxygen atoms in total. The Balaban J connectivity index is 1.83. The highest BCUT2D eigenvalue weighted by molar-refractivity contribution is 5.67. The minimum atomic E-state index is -0.0242. The molecule has 152 valence electrons. The summed E-state index contributed by atoms with van der Waals surface area (Å²) in [5.74, 6) is 2.69. The molecule has 0 radical (unpaired) electrons. The fraction of sp³-hybridized carbons (Fsp3) is 0.238. The summed E-state index contributed by atoms with van der Waals surface area (Å²) in [5, 5.41) is 12.0. The summed E-state index contributed by atoms with van der Waals surface area (Å²) in [4.78, 5) is 8.85. The molecular formula is C21H23N3O5. The van der Waals surface area contributed by atoms with Gasteiger partial charge in [0.05, 0.1) is 33.6 Å². The number of aliphatic hydroxyl groups is 1. The van der Waals surface area contributed by atoms with Crippen molar-refractivity contribution in [2.45, 2.75) is 0 Å². The summed E-state index contributed by atoms with van der Waals surface area (Å²) in [6.45, 7) is 0.235. The van der Waals surface area contributed by atoms with E-state index in [9.17, 15) is 0 Å². The first kappa shape index (κ1) is 20.2. The summed E-state index contributed by atoms with van der Waals surface area (Å²) in [6, 6.07) is 12.9. The Morgan fingerprint density at radius 3 is 2.21 bits per heavy atom. The number of aliphatic hydroxyl groups excluding tert-OH is 1. The topological polar surface area (TPSA) is 95.0 Å². The lowest BCUT2D eigenvalue weighted by atomic mass is 10.1. The van der Waals surface area contributed by atoms with Gasteiger partial charge < -0.3 is 29.4 Å². The summed E-state index contributed by atoms with van der Waals surface area (Å²) >= 11 is 0. The van der Waals surface area contributed by atoms with Gasteiger partial charge in [-0.2, -0.15) is 0 Å². The Kier molecular flexibility index (Phi) is 6.70. The van der Waals surface area contributed by atoms with Crippen molar-refractivity contribution in [1.82, 2.24) is 9.97 Å². The molecule has 0 saturated carbocycles. The quantitative estimate of drug-likeness (QED) is 0.568. The molecule has 0 aliphatic rings. The van der Waals surface area contributed by atoms with E-state index in [0.29, 0.717) is 34.6 Å². The van der Waals surface area contributed by atoms with Crippen LogP contribution in [0.4, 0.5) is 11.6 Å². The lowest BCUT2D eigenvalue weighted by Crippen LogP contribution is -2.01. The zero-order valence-corrected chi connectivity index (χ0v) is 16.5. The molecular weight excluding hydrogens is 374 g/mol. The fourth-order valence-electron chi connectivity index (χ4n) is 2.75. The minimum Gasteiger partial charge on any atom is -0.493 e. The van der Waals surface area contributed by atoms with E-state index in [1.807, 2.05) is 30.3 Å². The van der Waals surface area contributed by atoms with Crippen LogP contribution in [0.25, 0.3) is 11.3 Å². The molecule has 0 aliphatic heterocycles. The molecule has 2 N–H and O–H groups in total.